The highest BCUT2D eigenvalue weighted by molar-refractivity contribution is 5.83. The Labute approximate surface area is 81.9 Å². The van der Waals surface area contributed by atoms with Gasteiger partial charge in [-0.05, 0) is 25.7 Å². The molecule has 0 spiro atoms. The molecule has 0 bridgehead atoms. The van der Waals surface area contributed by atoms with Crippen molar-refractivity contribution in [1.29, 1.82) is 0 Å². The molecule has 0 radical (unpaired) electrons. The van der Waals surface area contributed by atoms with Gasteiger partial charge in [0.15, 0.2) is 0 Å². The van der Waals surface area contributed by atoms with Crippen molar-refractivity contribution in [3.8, 4) is 0 Å². The molecule has 1 saturated carbocycles. The van der Waals surface area contributed by atoms with Gasteiger partial charge in [-0.2, -0.15) is 0 Å². The minimum atomic E-state index is 0.350. The number of hydrogen-bond donors (Lipinski definition) is 0. The first-order valence-electron chi connectivity index (χ1n) is 5.83. The normalized spacial score (nSPS) is 19.3. The number of carbonyl (C=O) groups is 1. The van der Waals surface area contributed by atoms with Gasteiger partial charge in [-0.25, -0.2) is 0 Å². The van der Waals surface area contributed by atoms with E-state index in [-0.39, 0.29) is 0 Å². The molecular formula is C12H22O. The number of Topliss-reactive ketones (excluding diaryl/α,β-unsaturated/α-hetero) is 1. The smallest absolute Gasteiger partial charge is 0.139 e. The van der Waals surface area contributed by atoms with Gasteiger partial charge < -0.3 is 0 Å². The first kappa shape index (κ1) is 10.7. The van der Waals surface area contributed by atoms with E-state index in [1.807, 2.05) is 0 Å². The molecule has 0 unspecified atom stereocenters. The molecule has 0 aliphatic heterocycles. The highest BCUT2D eigenvalue weighted by atomic mass is 16.1. The summed E-state index contributed by atoms with van der Waals surface area (Å²) in [4.78, 5) is 12.0. The molecule has 1 rings (SSSR count). The van der Waals surface area contributed by atoms with Gasteiger partial charge in [-0.15, -0.1) is 0 Å². The lowest BCUT2D eigenvalue weighted by molar-refractivity contribution is -0.128. The molecule has 0 amide bonds. The Balaban J connectivity index is 2.44. The van der Waals surface area contributed by atoms with Crippen LogP contribution in [-0.2, 0) is 4.79 Å². The molecule has 0 aromatic heterocycles. The van der Waals surface area contributed by atoms with Crippen LogP contribution in [0.15, 0.2) is 0 Å². The second-order valence-corrected chi connectivity index (χ2v) is 4.25. The molecule has 0 saturated heterocycles. The predicted molar refractivity (Wildman–Crippen MR) is 55.7 cm³/mol. The fourth-order valence-corrected chi connectivity index (χ4v) is 2.41. The third-order valence-electron chi connectivity index (χ3n) is 3.40. The quantitative estimate of drug-likeness (QED) is 0.649. The fraction of sp³-hybridized carbons (Fsp3) is 0.917. The van der Waals surface area contributed by atoms with Gasteiger partial charge >= 0.3 is 0 Å². The third kappa shape index (κ3) is 2.82. The van der Waals surface area contributed by atoms with Crippen molar-refractivity contribution in [2.45, 2.75) is 58.8 Å². The molecule has 1 nitrogen and oxygen atoms in total. The van der Waals surface area contributed by atoms with Gasteiger partial charge in [0.1, 0.15) is 5.78 Å². The third-order valence-corrected chi connectivity index (χ3v) is 3.40. The lowest BCUT2D eigenvalue weighted by Gasteiger charge is -2.24. The van der Waals surface area contributed by atoms with Gasteiger partial charge in [0.2, 0.25) is 0 Å². The molecule has 0 N–H and O–H groups in total. The van der Waals surface area contributed by atoms with Crippen molar-refractivity contribution in [3.05, 3.63) is 0 Å². The molecule has 1 aliphatic rings. The lowest BCUT2D eigenvalue weighted by Crippen LogP contribution is -2.24. The van der Waals surface area contributed by atoms with Crippen LogP contribution in [0.4, 0.5) is 0 Å². The Bertz CT molecular complexity index is 153. The minimum absolute atomic E-state index is 0.350. The number of rotatable bonds is 4. The van der Waals surface area contributed by atoms with E-state index in [1.165, 1.54) is 19.3 Å². The van der Waals surface area contributed by atoms with Gasteiger partial charge in [0, 0.05) is 11.8 Å². The van der Waals surface area contributed by atoms with Crippen LogP contribution in [0.3, 0.4) is 0 Å². The van der Waals surface area contributed by atoms with Crippen LogP contribution < -0.4 is 0 Å². The largest absolute Gasteiger partial charge is 0.299 e. The maximum Gasteiger partial charge on any atom is 0.139 e. The van der Waals surface area contributed by atoms with E-state index in [0.717, 1.165) is 25.7 Å². The Kier molecular flexibility index (Phi) is 4.47. The Morgan fingerprint density at radius 1 is 1.15 bits per heavy atom. The van der Waals surface area contributed by atoms with E-state index in [4.69, 9.17) is 0 Å². The van der Waals surface area contributed by atoms with Crippen molar-refractivity contribution < 1.29 is 4.79 Å². The summed E-state index contributed by atoms with van der Waals surface area (Å²) in [6.07, 6.45) is 8.28. The summed E-state index contributed by atoms with van der Waals surface area (Å²) in [5.74, 6) is 1.33. The van der Waals surface area contributed by atoms with Crippen molar-refractivity contribution in [2.75, 3.05) is 0 Å². The van der Waals surface area contributed by atoms with Crippen LogP contribution in [0.5, 0.6) is 0 Å². The van der Waals surface area contributed by atoms with Crippen LogP contribution in [0.25, 0.3) is 0 Å². The van der Waals surface area contributed by atoms with Crippen LogP contribution >= 0.6 is 0 Å². The lowest BCUT2D eigenvalue weighted by atomic mass is 9.80. The summed E-state index contributed by atoms with van der Waals surface area (Å²) in [6.45, 7) is 4.27. The molecule has 1 fully saturated rings. The first-order chi connectivity index (χ1) is 6.29. The number of hydrogen-bond acceptors (Lipinski definition) is 1. The van der Waals surface area contributed by atoms with Crippen LogP contribution in [0.1, 0.15) is 58.8 Å². The predicted octanol–water partition coefficient (Wildman–Crippen LogP) is 3.57. The van der Waals surface area contributed by atoms with Crippen molar-refractivity contribution >= 4 is 5.78 Å². The highest BCUT2D eigenvalue weighted by Gasteiger charge is 2.25. The molecule has 0 heterocycles. The number of carbonyl (C=O) groups excluding carboxylic acids is 1. The molecular weight excluding hydrogens is 160 g/mol. The van der Waals surface area contributed by atoms with Gasteiger partial charge in [0.25, 0.3) is 0 Å². The zero-order valence-electron chi connectivity index (χ0n) is 9.01. The van der Waals surface area contributed by atoms with E-state index in [2.05, 4.69) is 13.8 Å². The molecule has 0 aromatic rings. The van der Waals surface area contributed by atoms with E-state index < -0.39 is 0 Å². The summed E-state index contributed by atoms with van der Waals surface area (Å²) in [5.41, 5.74) is 0. The van der Waals surface area contributed by atoms with Crippen LogP contribution in [0.2, 0.25) is 0 Å². The van der Waals surface area contributed by atoms with Gasteiger partial charge in [-0.3, -0.25) is 4.79 Å². The van der Waals surface area contributed by atoms with E-state index in [0.29, 0.717) is 17.6 Å². The Hall–Kier alpha value is -0.330. The Morgan fingerprint density at radius 3 is 2.15 bits per heavy atom. The van der Waals surface area contributed by atoms with Crippen LogP contribution in [0, 0.1) is 11.8 Å². The molecule has 0 atom stereocenters. The number of ketones is 1. The molecule has 1 heteroatoms. The maximum atomic E-state index is 12.0. The summed E-state index contributed by atoms with van der Waals surface area (Å²) in [6, 6.07) is 0. The summed E-state index contributed by atoms with van der Waals surface area (Å²) >= 11 is 0. The van der Waals surface area contributed by atoms with E-state index in [1.54, 1.807) is 0 Å². The Morgan fingerprint density at radius 2 is 1.69 bits per heavy atom. The highest BCUT2D eigenvalue weighted by Crippen LogP contribution is 2.28. The summed E-state index contributed by atoms with van der Waals surface area (Å²) < 4.78 is 0. The molecule has 1 aliphatic carbocycles. The molecule has 13 heavy (non-hydrogen) atoms. The average Bonchev–Trinajstić information content (AvgIpc) is 2.21. The first-order valence-corrected chi connectivity index (χ1v) is 5.83. The zero-order chi connectivity index (χ0) is 9.68. The monoisotopic (exact) mass is 182 g/mol. The van der Waals surface area contributed by atoms with Crippen molar-refractivity contribution in [1.82, 2.24) is 0 Å². The van der Waals surface area contributed by atoms with Gasteiger partial charge in [-0.1, -0.05) is 33.1 Å². The minimum Gasteiger partial charge on any atom is -0.299 e. The van der Waals surface area contributed by atoms with E-state index >= 15 is 0 Å². The van der Waals surface area contributed by atoms with Crippen molar-refractivity contribution in [3.63, 3.8) is 0 Å². The standard InChI is InChI=1S/C12H22O/c1-3-10(4-2)12(13)11-8-6-5-7-9-11/h10-11H,3-9H2,1-2H3. The summed E-state index contributed by atoms with van der Waals surface area (Å²) in [5, 5.41) is 0. The van der Waals surface area contributed by atoms with Crippen molar-refractivity contribution in [2.24, 2.45) is 11.8 Å². The average molecular weight is 182 g/mol. The molecule has 76 valence electrons. The fourth-order valence-electron chi connectivity index (χ4n) is 2.41. The zero-order valence-corrected chi connectivity index (χ0v) is 9.01. The second-order valence-electron chi connectivity index (χ2n) is 4.25. The second kappa shape index (κ2) is 5.41. The van der Waals surface area contributed by atoms with Crippen LogP contribution in [-0.4, -0.2) is 5.78 Å². The maximum absolute atomic E-state index is 12.0. The SMILES string of the molecule is CCC(CC)C(=O)C1CCCCC1. The summed E-state index contributed by atoms with van der Waals surface area (Å²) in [7, 11) is 0. The van der Waals surface area contributed by atoms with E-state index in [9.17, 15) is 4.79 Å². The molecule has 0 aromatic carbocycles. The van der Waals surface area contributed by atoms with Gasteiger partial charge in [0.05, 0.1) is 0 Å². The topological polar surface area (TPSA) is 17.1 Å².